The minimum absolute atomic E-state index is 0.485. The molecule has 0 radical (unpaired) electrons. The molecule has 0 bridgehead atoms. The van der Waals surface area contributed by atoms with Crippen LogP contribution in [-0.4, -0.2) is 10.1 Å². The summed E-state index contributed by atoms with van der Waals surface area (Å²) < 4.78 is 1.08. The third-order valence-electron chi connectivity index (χ3n) is 2.85. The molecule has 1 atom stereocenters. The van der Waals surface area contributed by atoms with Crippen LogP contribution in [0.1, 0.15) is 17.4 Å². The van der Waals surface area contributed by atoms with E-state index in [0.29, 0.717) is 10.7 Å². The zero-order chi connectivity index (χ0) is 12.5. The van der Waals surface area contributed by atoms with E-state index in [4.69, 9.17) is 11.6 Å². The first kappa shape index (κ1) is 11.7. The third kappa shape index (κ3) is 1.90. The summed E-state index contributed by atoms with van der Waals surface area (Å²) in [6, 6.07) is 11.4. The number of hydrogen-bond acceptors (Lipinski definition) is 3. The van der Waals surface area contributed by atoms with Crippen LogP contribution in [0.3, 0.4) is 0 Å². The van der Waals surface area contributed by atoms with Crippen LogP contribution in [0.25, 0.3) is 10.1 Å². The molecule has 3 rings (SSSR count). The number of halogens is 1. The maximum absolute atomic E-state index is 10.4. The average molecular weight is 276 g/mol. The smallest absolute Gasteiger partial charge is 0.124 e. The van der Waals surface area contributed by atoms with Crippen molar-refractivity contribution in [2.75, 3.05) is 0 Å². The second-order valence-electron chi connectivity index (χ2n) is 3.96. The monoisotopic (exact) mass is 275 g/mol. The molecule has 0 saturated heterocycles. The largest absolute Gasteiger partial charge is 0.382 e. The van der Waals surface area contributed by atoms with Gasteiger partial charge in [-0.2, -0.15) is 0 Å². The summed E-state index contributed by atoms with van der Waals surface area (Å²) in [5.74, 6) is 0. The van der Waals surface area contributed by atoms with Gasteiger partial charge in [0.25, 0.3) is 0 Å². The molecule has 0 aliphatic carbocycles. The molecule has 0 amide bonds. The van der Waals surface area contributed by atoms with Gasteiger partial charge in [-0.05, 0) is 29.0 Å². The van der Waals surface area contributed by atoms with E-state index in [-0.39, 0.29) is 0 Å². The minimum atomic E-state index is -0.791. The molecule has 2 nitrogen and oxygen atoms in total. The van der Waals surface area contributed by atoms with Crippen LogP contribution >= 0.6 is 22.9 Å². The highest BCUT2D eigenvalue weighted by atomic mass is 35.5. The van der Waals surface area contributed by atoms with Crippen molar-refractivity contribution in [3.8, 4) is 0 Å². The highest BCUT2D eigenvalue weighted by Gasteiger charge is 2.17. The van der Waals surface area contributed by atoms with Crippen LogP contribution in [0.4, 0.5) is 0 Å². The van der Waals surface area contributed by atoms with Gasteiger partial charge in [0.1, 0.15) is 6.10 Å². The van der Waals surface area contributed by atoms with Gasteiger partial charge in [0.15, 0.2) is 0 Å². The van der Waals surface area contributed by atoms with Crippen LogP contribution in [0.5, 0.6) is 0 Å². The fourth-order valence-corrected chi connectivity index (χ4v) is 3.14. The number of nitrogens with zero attached hydrogens (tertiary/aromatic N) is 1. The van der Waals surface area contributed by atoms with Crippen LogP contribution < -0.4 is 0 Å². The van der Waals surface area contributed by atoms with Crippen LogP contribution in [0.2, 0.25) is 5.02 Å². The molecular formula is C14H10ClNOS. The molecule has 2 aromatic heterocycles. The molecule has 4 heteroatoms. The van der Waals surface area contributed by atoms with E-state index >= 15 is 0 Å². The first-order valence-electron chi connectivity index (χ1n) is 5.52. The zero-order valence-corrected chi connectivity index (χ0v) is 10.9. The number of pyridine rings is 1. The normalized spacial score (nSPS) is 12.8. The molecule has 0 saturated carbocycles. The number of aliphatic hydroxyl groups is 1. The number of hydrogen-bond donors (Lipinski definition) is 1. The zero-order valence-electron chi connectivity index (χ0n) is 9.38. The molecule has 1 N–H and O–H groups in total. The molecule has 1 aromatic carbocycles. The van der Waals surface area contributed by atoms with E-state index in [1.165, 1.54) is 0 Å². The summed E-state index contributed by atoms with van der Waals surface area (Å²) in [5, 5.41) is 14.1. The fraction of sp³-hybridized carbons (Fsp3) is 0.0714. The Hall–Kier alpha value is -1.42. The molecule has 0 fully saturated rings. The van der Waals surface area contributed by atoms with Gasteiger partial charge in [-0.1, -0.05) is 29.8 Å². The highest BCUT2D eigenvalue weighted by Crippen LogP contribution is 2.33. The van der Waals surface area contributed by atoms with Gasteiger partial charge in [-0.3, -0.25) is 4.98 Å². The summed E-state index contributed by atoms with van der Waals surface area (Å²) >= 11 is 7.69. The molecule has 90 valence electrons. The quantitative estimate of drug-likeness (QED) is 0.766. The van der Waals surface area contributed by atoms with Crippen molar-refractivity contribution < 1.29 is 5.11 Å². The van der Waals surface area contributed by atoms with Crippen molar-refractivity contribution in [2.45, 2.75) is 6.10 Å². The lowest BCUT2D eigenvalue weighted by Gasteiger charge is -2.12. The van der Waals surface area contributed by atoms with Crippen LogP contribution in [0, 0.1) is 0 Å². The number of aromatic nitrogens is 1. The number of aliphatic hydroxyl groups excluding tert-OH is 1. The van der Waals surface area contributed by atoms with Crippen LogP contribution in [-0.2, 0) is 0 Å². The lowest BCUT2D eigenvalue weighted by molar-refractivity contribution is 0.217. The Bertz CT molecular complexity index is 695. The number of benzene rings is 1. The van der Waals surface area contributed by atoms with Crippen molar-refractivity contribution in [1.82, 2.24) is 4.98 Å². The summed E-state index contributed by atoms with van der Waals surface area (Å²) in [6.07, 6.45) is 0.847. The Labute approximate surface area is 113 Å². The predicted octanol–water partition coefficient (Wildman–Crippen LogP) is 4.03. The van der Waals surface area contributed by atoms with E-state index in [1.54, 1.807) is 29.7 Å². The summed E-state index contributed by atoms with van der Waals surface area (Å²) in [4.78, 5) is 4.17. The average Bonchev–Trinajstić information content (AvgIpc) is 2.86. The first-order valence-corrected chi connectivity index (χ1v) is 6.78. The predicted molar refractivity (Wildman–Crippen MR) is 75.1 cm³/mol. The molecule has 2 heterocycles. The Morgan fingerprint density at radius 2 is 2.06 bits per heavy atom. The standard InChI is InChI=1S/C14H10ClNOS/c15-11-5-2-7-16-12(11)13(17)10-4-1-3-9-6-8-18-14(9)10/h1-8,13,17H. The second kappa shape index (κ2) is 4.69. The molecule has 3 aromatic rings. The van der Waals surface area contributed by atoms with Gasteiger partial charge in [0.2, 0.25) is 0 Å². The van der Waals surface area contributed by atoms with E-state index in [9.17, 15) is 5.11 Å². The molecule has 0 spiro atoms. The SMILES string of the molecule is OC(c1ncccc1Cl)c1cccc2ccsc12. The minimum Gasteiger partial charge on any atom is -0.382 e. The molecule has 0 aliphatic rings. The molecular weight excluding hydrogens is 266 g/mol. The van der Waals surface area contributed by atoms with Crippen molar-refractivity contribution >= 4 is 33.0 Å². The topological polar surface area (TPSA) is 33.1 Å². The summed E-state index contributed by atoms with van der Waals surface area (Å²) in [6.45, 7) is 0. The lowest BCUT2D eigenvalue weighted by atomic mass is 10.0. The Morgan fingerprint density at radius 1 is 1.17 bits per heavy atom. The molecule has 1 unspecified atom stereocenters. The van der Waals surface area contributed by atoms with Crippen molar-refractivity contribution in [3.05, 3.63) is 64.3 Å². The van der Waals surface area contributed by atoms with E-state index < -0.39 is 6.10 Å². The summed E-state index contributed by atoms with van der Waals surface area (Å²) in [7, 11) is 0. The van der Waals surface area contributed by atoms with Gasteiger partial charge < -0.3 is 5.11 Å². The number of fused-ring (bicyclic) bond motifs is 1. The Morgan fingerprint density at radius 3 is 2.89 bits per heavy atom. The Kier molecular flexibility index (Phi) is 3.04. The maximum Gasteiger partial charge on any atom is 0.124 e. The van der Waals surface area contributed by atoms with E-state index in [1.807, 2.05) is 29.6 Å². The number of thiophene rings is 1. The summed E-state index contributed by atoms with van der Waals surface area (Å²) in [5.41, 5.74) is 1.35. The highest BCUT2D eigenvalue weighted by molar-refractivity contribution is 7.17. The maximum atomic E-state index is 10.4. The van der Waals surface area contributed by atoms with Crippen LogP contribution in [0.15, 0.2) is 48.0 Å². The Balaban J connectivity index is 2.15. The van der Waals surface area contributed by atoms with E-state index in [0.717, 1.165) is 15.6 Å². The van der Waals surface area contributed by atoms with Gasteiger partial charge in [0.05, 0.1) is 10.7 Å². The van der Waals surface area contributed by atoms with Crippen molar-refractivity contribution in [3.63, 3.8) is 0 Å². The van der Waals surface area contributed by atoms with Gasteiger partial charge in [-0.15, -0.1) is 11.3 Å². The van der Waals surface area contributed by atoms with Crippen molar-refractivity contribution in [2.24, 2.45) is 0 Å². The lowest BCUT2D eigenvalue weighted by Crippen LogP contribution is -2.03. The van der Waals surface area contributed by atoms with Crippen molar-refractivity contribution in [1.29, 1.82) is 0 Å². The first-order chi connectivity index (χ1) is 8.77. The number of rotatable bonds is 2. The van der Waals surface area contributed by atoms with Gasteiger partial charge >= 0.3 is 0 Å². The van der Waals surface area contributed by atoms with E-state index in [2.05, 4.69) is 4.98 Å². The second-order valence-corrected chi connectivity index (χ2v) is 5.28. The third-order valence-corrected chi connectivity index (χ3v) is 4.15. The molecule has 18 heavy (non-hydrogen) atoms. The van der Waals surface area contributed by atoms with Gasteiger partial charge in [-0.25, -0.2) is 0 Å². The van der Waals surface area contributed by atoms with Gasteiger partial charge in [0, 0.05) is 16.5 Å². The fourth-order valence-electron chi connectivity index (χ4n) is 1.98. The molecule has 0 aliphatic heterocycles.